The van der Waals surface area contributed by atoms with Crippen LogP contribution >= 0.6 is 11.3 Å². The van der Waals surface area contributed by atoms with Crippen LogP contribution in [0, 0.1) is 35.5 Å². The maximum atomic E-state index is 11.6. The van der Waals surface area contributed by atoms with Crippen LogP contribution in [-0.4, -0.2) is 55.2 Å². The summed E-state index contributed by atoms with van der Waals surface area (Å²) < 4.78 is 5.12. The number of aryl methyl sites for hydroxylation is 2. The van der Waals surface area contributed by atoms with E-state index in [4.69, 9.17) is 24.8 Å². The van der Waals surface area contributed by atoms with Gasteiger partial charge in [0.15, 0.2) is 0 Å². The molecule has 3 aromatic heterocycles. The number of hydrogen-bond donors (Lipinski definition) is 5. The molecule has 12 nitrogen and oxygen atoms in total. The van der Waals surface area contributed by atoms with Gasteiger partial charge in [-0.15, -0.1) is 11.3 Å². The second kappa shape index (κ2) is 22.3. The number of nitrogens with one attached hydrogen (secondary N) is 1. The fourth-order valence-corrected chi connectivity index (χ4v) is 6.34. The summed E-state index contributed by atoms with van der Waals surface area (Å²) in [5, 5.41) is 39.4. The third-order valence-electron chi connectivity index (χ3n) is 7.97. The van der Waals surface area contributed by atoms with Crippen molar-refractivity contribution in [3.8, 4) is 0 Å². The first-order valence-electron chi connectivity index (χ1n) is 19.7. The lowest BCUT2D eigenvalue weighted by Crippen LogP contribution is -2.20. The number of rotatable bonds is 10. The summed E-state index contributed by atoms with van der Waals surface area (Å²) in [4.78, 5) is 58.9. The van der Waals surface area contributed by atoms with Gasteiger partial charge in [0.25, 0.3) is 0 Å². The van der Waals surface area contributed by atoms with Gasteiger partial charge in [-0.25, -0.2) is 14.4 Å². The van der Waals surface area contributed by atoms with E-state index in [0.717, 1.165) is 53.2 Å². The number of carbonyl (C=O) groups is 5. The lowest BCUT2D eigenvalue weighted by atomic mass is 9.87. The molecule has 3 heterocycles. The number of benzene rings is 1. The van der Waals surface area contributed by atoms with Crippen LogP contribution in [0.15, 0.2) is 58.3 Å². The van der Waals surface area contributed by atoms with Crippen molar-refractivity contribution in [1.29, 1.82) is 0 Å². The van der Waals surface area contributed by atoms with E-state index in [1.807, 2.05) is 52.0 Å². The number of aromatic carboxylic acids is 3. The molecule has 0 spiro atoms. The molecule has 60 heavy (non-hydrogen) atoms. The third-order valence-corrected chi connectivity index (χ3v) is 8.88. The summed E-state index contributed by atoms with van der Waals surface area (Å²) in [7, 11) is 0. The zero-order chi connectivity index (χ0) is 46.4. The van der Waals surface area contributed by atoms with Gasteiger partial charge in [0, 0.05) is 18.5 Å². The molecule has 0 aliphatic carbocycles. The highest BCUT2D eigenvalue weighted by Crippen LogP contribution is 2.26. The predicted octanol–water partition coefficient (Wildman–Crippen LogP) is 11.3. The molecule has 0 saturated carbocycles. The van der Waals surface area contributed by atoms with Crippen molar-refractivity contribution in [2.45, 2.75) is 129 Å². The Morgan fingerprint density at radius 2 is 1.17 bits per heavy atom. The van der Waals surface area contributed by atoms with Crippen LogP contribution in [0.4, 0.5) is 5.69 Å². The minimum absolute atomic E-state index is 0.0132. The largest absolute Gasteiger partial charge is 0.481 e. The highest BCUT2D eigenvalue weighted by molar-refractivity contribution is 7.12. The Balaban J connectivity index is 0.000000401. The molecule has 1 aromatic carbocycles. The highest BCUT2D eigenvalue weighted by atomic mass is 32.1. The van der Waals surface area contributed by atoms with Gasteiger partial charge in [-0.2, -0.15) is 0 Å². The molecule has 0 aliphatic rings. The van der Waals surface area contributed by atoms with Gasteiger partial charge < -0.3 is 30.2 Å². The van der Waals surface area contributed by atoms with Crippen molar-refractivity contribution in [1.82, 2.24) is 4.98 Å². The van der Waals surface area contributed by atoms with Crippen molar-refractivity contribution in [2.75, 3.05) is 5.32 Å². The molecule has 4 aromatic rings. The minimum atomic E-state index is -1.01. The van der Waals surface area contributed by atoms with Gasteiger partial charge in [-0.3, -0.25) is 14.6 Å². The minimum Gasteiger partial charge on any atom is -0.481 e. The van der Waals surface area contributed by atoms with Crippen molar-refractivity contribution < 1.29 is 48.8 Å². The van der Waals surface area contributed by atoms with Crippen molar-refractivity contribution >= 4 is 46.8 Å². The van der Waals surface area contributed by atoms with E-state index < -0.39 is 23.9 Å². The standard InChI is InChI=1S/C13H19NO2.C13H18O2.C11H15NO3S.C10H14O3/c1-8-10(7-13(3,4)5)6-11(12(15)16)9(2)14-8;1-13(2,3)9-11-6-4-10(5-7-11)8-12(14)15;1-11(2,3)6-8(13)12-7-4-5-16-9(7)10(14)15;1-10(2,3)6-7-4-5-8(13-7)9(11)12/h6H,7H2,1-5H3,(H,15,16);4-7H,8-9H2,1-3H3,(H,14,15);4-5H,6H2,1-3H3,(H,12,13)(H,14,15);4-5H,6H2,1-3H3,(H,11,12). The number of carbonyl (C=O) groups excluding carboxylic acids is 1. The van der Waals surface area contributed by atoms with Gasteiger partial charge in [0.05, 0.1) is 23.4 Å². The van der Waals surface area contributed by atoms with Gasteiger partial charge in [-0.05, 0) is 94.7 Å². The number of amides is 1. The molecule has 0 unspecified atom stereocenters. The molecule has 330 valence electrons. The molecule has 0 fully saturated rings. The fraction of sp³-hybridized carbons (Fsp3) is 0.489. The number of aromatic nitrogens is 1. The van der Waals surface area contributed by atoms with Crippen LogP contribution in [-0.2, 0) is 35.3 Å². The normalized spacial score (nSPS) is 11.4. The number of pyridine rings is 1. The second-order valence-electron chi connectivity index (χ2n) is 19.6. The van der Waals surface area contributed by atoms with E-state index in [0.29, 0.717) is 23.4 Å². The number of hydrogen-bond acceptors (Lipinski definition) is 8. The molecule has 5 N–H and O–H groups in total. The van der Waals surface area contributed by atoms with Crippen LogP contribution in [0.25, 0.3) is 0 Å². The topological polar surface area (TPSA) is 204 Å². The third kappa shape index (κ3) is 22.2. The Morgan fingerprint density at radius 1 is 0.633 bits per heavy atom. The van der Waals surface area contributed by atoms with Crippen LogP contribution < -0.4 is 5.32 Å². The molecule has 4 rings (SSSR count). The quantitative estimate of drug-likeness (QED) is 0.101. The Morgan fingerprint density at radius 3 is 1.60 bits per heavy atom. The summed E-state index contributed by atoms with van der Waals surface area (Å²) in [5.74, 6) is -3.13. The van der Waals surface area contributed by atoms with Gasteiger partial charge in [-0.1, -0.05) is 107 Å². The number of aliphatic carboxylic acids is 1. The molecule has 0 atom stereocenters. The molecular formula is C47H66N2O10S. The van der Waals surface area contributed by atoms with E-state index in [1.54, 1.807) is 30.5 Å². The molecule has 0 radical (unpaired) electrons. The van der Waals surface area contributed by atoms with E-state index >= 15 is 0 Å². The molecule has 0 saturated heterocycles. The van der Waals surface area contributed by atoms with Crippen molar-refractivity contribution in [3.05, 3.63) is 104 Å². The maximum absolute atomic E-state index is 11.6. The van der Waals surface area contributed by atoms with Gasteiger partial charge in [0.1, 0.15) is 10.6 Å². The van der Waals surface area contributed by atoms with E-state index in [1.165, 1.54) is 11.6 Å². The smallest absolute Gasteiger partial charge is 0.371 e. The second-order valence-corrected chi connectivity index (χ2v) is 20.5. The zero-order valence-electron chi connectivity index (χ0n) is 37.8. The average Bonchev–Trinajstić information content (AvgIpc) is 3.71. The fourth-order valence-electron chi connectivity index (χ4n) is 5.66. The Hall–Kier alpha value is -5.30. The lowest BCUT2D eigenvalue weighted by Gasteiger charge is -2.20. The predicted molar refractivity (Wildman–Crippen MR) is 238 cm³/mol. The first-order valence-corrected chi connectivity index (χ1v) is 20.6. The molecule has 0 bridgehead atoms. The SMILES string of the molecule is CC(C)(C)CC(=O)Nc1ccsc1C(=O)O.CC(C)(C)Cc1ccc(C(=O)O)o1.CC(C)(C)Cc1ccc(CC(=O)O)cc1.Cc1nc(C)c(C(=O)O)cc1CC(C)(C)C. The maximum Gasteiger partial charge on any atom is 0.371 e. The summed E-state index contributed by atoms with van der Waals surface area (Å²) in [6.45, 7) is 28.7. The summed E-state index contributed by atoms with van der Waals surface area (Å²) >= 11 is 1.10. The summed E-state index contributed by atoms with van der Waals surface area (Å²) in [5.41, 5.74) is 5.77. The van der Waals surface area contributed by atoms with Crippen molar-refractivity contribution in [3.63, 3.8) is 0 Å². The van der Waals surface area contributed by atoms with Crippen molar-refractivity contribution in [2.24, 2.45) is 21.7 Å². The number of carboxylic acids is 4. The number of carboxylic acid groups (broad SMARTS) is 4. The molecular weight excluding hydrogens is 785 g/mol. The van der Waals surface area contributed by atoms with Gasteiger partial charge >= 0.3 is 23.9 Å². The molecule has 1 amide bonds. The highest BCUT2D eigenvalue weighted by Gasteiger charge is 2.20. The number of nitrogens with zero attached hydrogens (tertiary/aromatic N) is 1. The molecule has 13 heteroatoms. The Labute approximate surface area is 359 Å². The van der Waals surface area contributed by atoms with Gasteiger partial charge in [0.2, 0.25) is 11.7 Å². The lowest BCUT2D eigenvalue weighted by molar-refractivity contribution is -0.136. The van der Waals surface area contributed by atoms with Crippen LogP contribution in [0.1, 0.15) is 154 Å². The monoisotopic (exact) mass is 850 g/mol. The summed E-state index contributed by atoms with van der Waals surface area (Å²) in [6, 6.07) is 14.4. The first-order chi connectivity index (χ1) is 27.2. The Bertz CT molecular complexity index is 2050. The zero-order valence-corrected chi connectivity index (χ0v) is 38.6. The summed E-state index contributed by atoms with van der Waals surface area (Å²) in [6.07, 6.45) is 3.07. The number of anilines is 1. The first kappa shape index (κ1) is 52.7. The van der Waals surface area contributed by atoms with Crippen LogP contribution in [0.3, 0.4) is 0 Å². The number of thiophene rings is 1. The Kier molecular flexibility index (Phi) is 19.6. The van der Waals surface area contributed by atoms with E-state index in [2.05, 4.69) is 72.6 Å². The van der Waals surface area contributed by atoms with Crippen LogP contribution in [0.5, 0.6) is 0 Å². The number of furan rings is 1. The van der Waals surface area contributed by atoms with E-state index in [-0.39, 0.29) is 44.6 Å². The van der Waals surface area contributed by atoms with E-state index in [9.17, 15) is 24.0 Å². The van der Waals surface area contributed by atoms with Crippen LogP contribution in [0.2, 0.25) is 0 Å². The average molecular weight is 851 g/mol. The molecule has 0 aliphatic heterocycles.